The van der Waals surface area contributed by atoms with Gasteiger partial charge < -0.3 is 20.6 Å². The van der Waals surface area contributed by atoms with Crippen LogP contribution in [0.5, 0.6) is 0 Å². The maximum absolute atomic E-state index is 5.02. The van der Waals surface area contributed by atoms with Crippen molar-refractivity contribution in [1.82, 2.24) is 35.6 Å². The van der Waals surface area contributed by atoms with Crippen LogP contribution in [0.25, 0.3) is 55.4 Å². The number of aromatic nitrogens is 5. The molecule has 1 unspecified atom stereocenters. The van der Waals surface area contributed by atoms with Crippen LogP contribution in [-0.2, 0) is 0 Å². The number of nitrogens with one attached hydrogen (secondary N) is 4. The van der Waals surface area contributed by atoms with E-state index >= 15 is 0 Å². The van der Waals surface area contributed by atoms with Gasteiger partial charge in [-0.25, -0.2) is 15.0 Å². The molecule has 3 fully saturated rings. The zero-order chi connectivity index (χ0) is 26.4. The Morgan fingerprint density at radius 3 is 2.05 bits per heavy atom. The fourth-order valence-corrected chi connectivity index (χ4v) is 6.87. The minimum Gasteiger partial charge on any atom is -0.341 e. The van der Waals surface area contributed by atoms with Crippen molar-refractivity contribution < 1.29 is 0 Å². The lowest BCUT2D eigenvalue weighted by molar-refractivity contribution is 0.544. The van der Waals surface area contributed by atoms with Crippen LogP contribution >= 0.6 is 0 Å². The van der Waals surface area contributed by atoms with Gasteiger partial charge in [0.25, 0.3) is 0 Å². The molecule has 9 rings (SSSR count). The van der Waals surface area contributed by atoms with Crippen LogP contribution in [0.3, 0.4) is 0 Å². The first-order valence-corrected chi connectivity index (χ1v) is 14.6. The summed E-state index contributed by atoms with van der Waals surface area (Å²) in [5.74, 6) is 2.96. The van der Waals surface area contributed by atoms with Crippen LogP contribution in [0.4, 0.5) is 0 Å². The summed E-state index contributed by atoms with van der Waals surface area (Å²) < 4.78 is 0. The van der Waals surface area contributed by atoms with E-state index < -0.39 is 0 Å². The smallest absolute Gasteiger partial charge is 0.124 e. The van der Waals surface area contributed by atoms with Gasteiger partial charge in [0.15, 0.2) is 0 Å². The number of nitrogens with zero attached hydrogens (tertiary/aromatic N) is 3. The first kappa shape index (κ1) is 22.7. The molecular formula is C33H31N7. The monoisotopic (exact) mass is 525 g/mol. The predicted molar refractivity (Wildman–Crippen MR) is 159 cm³/mol. The van der Waals surface area contributed by atoms with E-state index in [2.05, 4.69) is 94.3 Å². The van der Waals surface area contributed by atoms with Gasteiger partial charge in [-0.15, -0.1) is 0 Å². The van der Waals surface area contributed by atoms with Gasteiger partial charge in [0, 0.05) is 23.0 Å². The third-order valence-electron chi connectivity index (χ3n) is 9.23. The second-order valence-corrected chi connectivity index (χ2v) is 12.1. The molecule has 5 atom stereocenters. The zero-order valence-corrected chi connectivity index (χ0v) is 22.4. The van der Waals surface area contributed by atoms with Crippen molar-refractivity contribution >= 4 is 33.0 Å². The summed E-state index contributed by atoms with van der Waals surface area (Å²) in [5.41, 5.74) is 9.61. The van der Waals surface area contributed by atoms with Gasteiger partial charge in [-0.05, 0) is 92.1 Å². The number of pyridine rings is 1. The number of H-pyrrole nitrogens is 2. The Morgan fingerprint density at radius 1 is 0.625 bits per heavy atom. The zero-order valence-electron chi connectivity index (χ0n) is 22.4. The minimum absolute atomic E-state index is 0.310. The third-order valence-corrected chi connectivity index (χ3v) is 9.23. The van der Waals surface area contributed by atoms with E-state index in [1.165, 1.54) is 30.4 Å². The molecule has 3 aromatic carbocycles. The molecule has 0 amide bonds. The fraction of sp³-hybridized carbons (Fsp3) is 0.303. The topological polar surface area (TPSA) is 94.3 Å². The average molecular weight is 526 g/mol. The van der Waals surface area contributed by atoms with Crippen LogP contribution in [0.2, 0.25) is 0 Å². The summed E-state index contributed by atoms with van der Waals surface area (Å²) in [4.78, 5) is 21.9. The number of piperidine rings is 1. The summed E-state index contributed by atoms with van der Waals surface area (Å²) in [6, 6.07) is 25.7. The highest BCUT2D eigenvalue weighted by molar-refractivity contribution is 5.89. The Morgan fingerprint density at radius 2 is 1.32 bits per heavy atom. The Bertz CT molecular complexity index is 1800. The van der Waals surface area contributed by atoms with Crippen LogP contribution in [0.1, 0.15) is 56.3 Å². The highest BCUT2D eigenvalue weighted by atomic mass is 15.1. The highest BCUT2D eigenvalue weighted by Gasteiger charge is 2.46. The molecule has 2 saturated heterocycles. The Balaban J connectivity index is 1.00. The molecule has 0 spiro atoms. The van der Waals surface area contributed by atoms with Gasteiger partial charge in [-0.2, -0.15) is 0 Å². The van der Waals surface area contributed by atoms with Crippen molar-refractivity contribution in [3.8, 4) is 22.4 Å². The summed E-state index contributed by atoms with van der Waals surface area (Å²) in [5, 5.41) is 8.46. The lowest BCUT2D eigenvalue weighted by Gasteiger charge is -2.08. The minimum atomic E-state index is 0.310. The van der Waals surface area contributed by atoms with Crippen molar-refractivity contribution in [3.05, 3.63) is 78.4 Å². The first-order valence-electron chi connectivity index (χ1n) is 14.6. The quantitative estimate of drug-likeness (QED) is 0.209. The fourth-order valence-electron chi connectivity index (χ4n) is 6.87. The number of aromatic amines is 2. The maximum Gasteiger partial charge on any atom is 0.124 e. The largest absolute Gasteiger partial charge is 0.341 e. The molecule has 3 aliphatic rings. The van der Waals surface area contributed by atoms with Crippen LogP contribution < -0.4 is 10.6 Å². The number of imidazole rings is 2. The highest BCUT2D eigenvalue weighted by Crippen LogP contribution is 2.45. The summed E-state index contributed by atoms with van der Waals surface area (Å²) in [6.45, 7) is 2.23. The van der Waals surface area contributed by atoms with Gasteiger partial charge in [0.1, 0.15) is 11.6 Å². The number of benzene rings is 3. The Labute approximate surface area is 231 Å². The molecule has 6 aromatic rings. The van der Waals surface area contributed by atoms with E-state index in [0.29, 0.717) is 24.2 Å². The normalized spacial score (nSPS) is 25.8. The van der Waals surface area contributed by atoms with Gasteiger partial charge in [0.05, 0.1) is 45.4 Å². The molecule has 7 nitrogen and oxygen atoms in total. The first-order chi connectivity index (χ1) is 19.6. The second kappa shape index (κ2) is 8.46. The van der Waals surface area contributed by atoms with Crippen LogP contribution in [-0.4, -0.2) is 37.0 Å². The lowest BCUT2D eigenvalue weighted by atomic mass is 10.0. The molecule has 2 aliphatic heterocycles. The molecule has 0 radical (unpaired) electrons. The van der Waals surface area contributed by atoms with Crippen molar-refractivity contribution in [2.75, 3.05) is 0 Å². The summed E-state index contributed by atoms with van der Waals surface area (Å²) >= 11 is 0. The van der Waals surface area contributed by atoms with E-state index in [-0.39, 0.29) is 0 Å². The average Bonchev–Trinajstić information content (AvgIpc) is 3.47. The summed E-state index contributed by atoms with van der Waals surface area (Å²) in [7, 11) is 0. The number of rotatable bonds is 4. The molecule has 4 N–H and O–H groups in total. The molecule has 3 aromatic heterocycles. The predicted octanol–water partition coefficient (Wildman–Crippen LogP) is 6.56. The molecule has 5 heterocycles. The Hall–Kier alpha value is -4.07. The van der Waals surface area contributed by atoms with E-state index in [9.17, 15) is 0 Å². The van der Waals surface area contributed by atoms with E-state index in [1.54, 1.807) is 0 Å². The number of fused-ring (bicyclic) bond motifs is 4. The molecule has 40 heavy (non-hydrogen) atoms. The van der Waals surface area contributed by atoms with E-state index in [0.717, 1.165) is 68.2 Å². The van der Waals surface area contributed by atoms with E-state index in [1.807, 2.05) is 0 Å². The number of hydrogen-bond acceptors (Lipinski definition) is 5. The molecular weight excluding hydrogens is 494 g/mol. The number of hydrogen-bond donors (Lipinski definition) is 4. The second-order valence-electron chi connectivity index (χ2n) is 12.1. The standard InChI is InChI=1S/C33H31N7/c1-17-2-7-27(34-17)32-37-26-11-6-21(14-30(26)39-32)24-9-5-20-12-18(3-8-23(20)35-24)19-4-10-25-29(13-19)40-33(38-25)31-16-22-15-28(22)36-31/h3-6,8-14,17,22,27-28,31,34,36H,2,7,15-16H2,1H3,(H,37,39)(H,38,40)/t17-,22?,27+,28-,31+/m1/s1. The van der Waals surface area contributed by atoms with Crippen LogP contribution in [0.15, 0.2) is 66.7 Å². The lowest BCUT2D eigenvalue weighted by Crippen LogP contribution is -2.21. The summed E-state index contributed by atoms with van der Waals surface area (Å²) in [6.07, 6.45) is 4.84. The van der Waals surface area contributed by atoms with Crippen molar-refractivity contribution in [2.45, 2.75) is 56.8 Å². The van der Waals surface area contributed by atoms with Gasteiger partial charge in [0.2, 0.25) is 0 Å². The van der Waals surface area contributed by atoms with Gasteiger partial charge in [-0.1, -0.05) is 24.3 Å². The van der Waals surface area contributed by atoms with Gasteiger partial charge >= 0.3 is 0 Å². The Kier molecular flexibility index (Phi) is 4.81. The molecule has 1 saturated carbocycles. The third kappa shape index (κ3) is 3.76. The van der Waals surface area contributed by atoms with Crippen molar-refractivity contribution in [1.29, 1.82) is 0 Å². The molecule has 0 bridgehead atoms. The van der Waals surface area contributed by atoms with E-state index in [4.69, 9.17) is 15.0 Å². The van der Waals surface area contributed by atoms with Crippen molar-refractivity contribution in [2.24, 2.45) is 5.92 Å². The molecule has 1 aliphatic carbocycles. The maximum atomic E-state index is 5.02. The van der Waals surface area contributed by atoms with Crippen molar-refractivity contribution in [3.63, 3.8) is 0 Å². The molecule has 198 valence electrons. The SMILES string of the molecule is C[C@@H]1CC[C@@H](c2nc3ccc(-c4ccc5cc(-c6ccc7nc([C@@H]8CC9C[C@H]9N8)[nH]c7c6)ccc5n4)cc3[nH]2)N1. The van der Waals surface area contributed by atoms with Crippen LogP contribution in [0, 0.1) is 5.92 Å². The molecule has 7 heteroatoms. The van der Waals surface area contributed by atoms with Gasteiger partial charge in [-0.3, -0.25) is 0 Å².